The molecule has 2 aliphatic carbocycles. The van der Waals surface area contributed by atoms with Crippen LogP contribution in [0.3, 0.4) is 0 Å². The van der Waals surface area contributed by atoms with Crippen molar-refractivity contribution in [1.29, 1.82) is 0 Å². The SMILES string of the molecule is CN(C)S(=O)(=O)c1ccc2c(c1)CCN2C(=O)CC1CC2CCC1C2. The second kappa shape index (κ2) is 6.09. The fourth-order valence-electron chi connectivity index (χ4n) is 4.97. The number of rotatable bonds is 4. The zero-order valence-corrected chi connectivity index (χ0v) is 15.8. The Morgan fingerprint density at radius 1 is 1.24 bits per heavy atom. The molecule has 3 atom stereocenters. The average molecular weight is 362 g/mol. The average Bonchev–Trinajstić information content (AvgIpc) is 3.28. The summed E-state index contributed by atoms with van der Waals surface area (Å²) < 4.78 is 25.8. The van der Waals surface area contributed by atoms with Gasteiger partial charge < -0.3 is 4.90 Å². The number of sulfonamides is 1. The molecule has 1 aliphatic heterocycles. The highest BCUT2D eigenvalue weighted by Crippen LogP contribution is 2.49. The van der Waals surface area contributed by atoms with Crippen LogP contribution >= 0.6 is 0 Å². The Hall–Kier alpha value is -1.40. The third kappa shape index (κ3) is 2.89. The van der Waals surface area contributed by atoms with Gasteiger partial charge in [-0.05, 0) is 67.2 Å². The predicted octanol–water partition coefficient (Wildman–Crippen LogP) is 2.65. The lowest BCUT2D eigenvalue weighted by Crippen LogP contribution is -2.31. The zero-order chi connectivity index (χ0) is 17.8. The molecule has 1 heterocycles. The van der Waals surface area contributed by atoms with Gasteiger partial charge in [0.1, 0.15) is 0 Å². The summed E-state index contributed by atoms with van der Waals surface area (Å²) >= 11 is 0. The van der Waals surface area contributed by atoms with Gasteiger partial charge in [-0.3, -0.25) is 4.79 Å². The molecule has 6 heteroatoms. The fourth-order valence-corrected chi connectivity index (χ4v) is 5.92. The van der Waals surface area contributed by atoms with Crippen LogP contribution in [-0.4, -0.2) is 39.3 Å². The molecule has 2 fully saturated rings. The van der Waals surface area contributed by atoms with Gasteiger partial charge >= 0.3 is 0 Å². The third-order valence-corrected chi connectivity index (χ3v) is 8.16. The highest BCUT2D eigenvalue weighted by Gasteiger charge is 2.41. The van der Waals surface area contributed by atoms with E-state index in [0.717, 1.165) is 29.5 Å². The number of carbonyl (C=O) groups excluding carboxylic acids is 1. The fraction of sp³-hybridized carbons (Fsp3) is 0.632. The number of fused-ring (bicyclic) bond motifs is 3. The molecule has 0 N–H and O–H groups in total. The van der Waals surface area contributed by atoms with E-state index in [9.17, 15) is 13.2 Å². The summed E-state index contributed by atoms with van der Waals surface area (Å²) in [6.45, 7) is 0.667. The lowest BCUT2D eigenvalue weighted by molar-refractivity contribution is -0.119. The van der Waals surface area contributed by atoms with Crippen molar-refractivity contribution in [3.05, 3.63) is 23.8 Å². The first kappa shape index (κ1) is 17.0. The van der Waals surface area contributed by atoms with E-state index < -0.39 is 10.0 Å². The van der Waals surface area contributed by atoms with Crippen LogP contribution in [0.15, 0.2) is 23.1 Å². The number of nitrogens with zero attached hydrogens (tertiary/aromatic N) is 2. The summed E-state index contributed by atoms with van der Waals surface area (Å²) in [5.41, 5.74) is 1.86. The van der Waals surface area contributed by atoms with Crippen LogP contribution in [0.1, 0.15) is 37.7 Å². The van der Waals surface area contributed by atoms with Gasteiger partial charge in [-0.15, -0.1) is 0 Å². The largest absolute Gasteiger partial charge is 0.312 e. The van der Waals surface area contributed by atoms with Gasteiger partial charge in [-0.25, -0.2) is 12.7 Å². The second-order valence-corrected chi connectivity index (χ2v) is 10.2. The highest BCUT2D eigenvalue weighted by atomic mass is 32.2. The third-order valence-electron chi connectivity index (χ3n) is 6.35. The quantitative estimate of drug-likeness (QED) is 0.827. The lowest BCUT2D eigenvalue weighted by atomic mass is 9.86. The van der Waals surface area contributed by atoms with Crippen LogP contribution in [0.4, 0.5) is 5.69 Å². The molecular formula is C19H26N2O3S. The van der Waals surface area contributed by atoms with Crippen LogP contribution in [0.2, 0.25) is 0 Å². The van der Waals surface area contributed by atoms with Crippen molar-refractivity contribution >= 4 is 21.6 Å². The maximum absolute atomic E-state index is 12.8. The van der Waals surface area contributed by atoms with E-state index in [-0.39, 0.29) is 5.91 Å². The van der Waals surface area contributed by atoms with Crippen molar-refractivity contribution in [2.45, 2.75) is 43.4 Å². The van der Waals surface area contributed by atoms with E-state index in [2.05, 4.69) is 0 Å². The Balaban J connectivity index is 1.51. The van der Waals surface area contributed by atoms with Gasteiger partial charge in [0.2, 0.25) is 15.9 Å². The number of carbonyl (C=O) groups is 1. The number of hydrogen-bond donors (Lipinski definition) is 0. The molecule has 0 spiro atoms. The molecule has 0 radical (unpaired) electrons. The topological polar surface area (TPSA) is 57.7 Å². The van der Waals surface area contributed by atoms with Gasteiger partial charge in [-0.2, -0.15) is 0 Å². The molecule has 3 unspecified atom stereocenters. The van der Waals surface area contributed by atoms with E-state index in [4.69, 9.17) is 0 Å². The Morgan fingerprint density at radius 2 is 2.04 bits per heavy atom. The maximum atomic E-state index is 12.8. The monoisotopic (exact) mass is 362 g/mol. The molecule has 0 aromatic heterocycles. The molecule has 1 aromatic rings. The molecular weight excluding hydrogens is 336 g/mol. The van der Waals surface area contributed by atoms with Crippen LogP contribution in [-0.2, 0) is 21.2 Å². The van der Waals surface area contributed by atoms with Gasteiger partial charge in [-0.1, -0.05) is 6.42 Å². The van der Waals surface area contributed by atoms with Crippen molar-refractivity contribution in [1.82, 2.24) is 4.31 Å². The number of benzene rings is 1. The zero-order valence-electron chi connectivity index (χ0n) is 14.9. The summed E-state index contributed by atoms with van der Waals surface area (Å²) in [5.74, 6) is 2.37. The smallest absolute Gasteiger partial charge is 0.242 e. The van der Waals surface area contributed by atoms with Crippen molar-refractivity contribution in [2.75, 3.05) is 25.5 Å². The maximum Gasteiger partial charge on any atom is 0.242 e. The lowest BCUT2D eigenvalue weighted by Gasteiger charge is -2.24. The molecule has 3 aliphatic rings. The van der Waals surface area contributed by atoms with Crippen molar-refractivity contribution in [3.63, 3.8) is 0 Å². The van der Waals surface area contributed by atoms with E-state index in [1.165, 1.54) is 44.1 Å². The van der Waals surface area contributed by atoms with Gasteiger partial charge in [0, 0.05) is 32.7 Å². The molecule has 2 bridgehead atoms. The highest BCUT2D eigenvalue weighted by molar-refractivity contribution is 7.89. The summed E-state index contributed by atoms with van der Waals surface area (Å²) in [5, 5.41) is 0. The number of amides is 1. The van der Waals surface area contributed by atoms with E-state index >= 15 is 0 Å². The first-order valence-corrected chi connectivity index (χ1v) is 10.7. The number of hydrogen-bond acceptors (Lipinski definition) is 3. The molecule has 136 valence electrons. The molecule has 25 heavy (non-hydrogen) atoms. The Kier molecular flexibility index (Phi) is 4.15. The summed E-state index contributed by atoms with van der Waals surface area (Å²) in [7, 11) is -0.360. The van der Waals surface area contributed by atoms with Crippen LogP contribution < -0.4 is 4.90 Å². The first-order valence-electron chi connectivity index (χ1n) is 9.22. The normalized spacial score (nSPS) is 28.0. The second-order valence-electron chi connectivity index (χ2n) is 8.01. The molecule has 0 saturated heterocycles. The predicted molar refractivity (Wildman–Crippen MR) is 96.9 cm³/mol. The van der Waals surface area contributed by atoms with Gasteiger partial charge in [0.15, 0.2) is 0 Å². The summed E-state index contributed by atoms with van der Waals surface area (Å²) in [6, 6.07) is 5.16. The minimum Gasteiger partial charge on any atom is -0.312 e. The van der Waals surface area contributed by atoms with E-state index in [1.54, 1.807) is 18.2 Å². The van der Waals surface area contributed by atoms with Crippen molar-refractivity contribution in [2.24, 2.45) is 17.8 Å². The van der Waals surface area contributed by atoms with Gasteiger partial charge in [0.05, 0.1) is 4.90 Å². The van der Waals surface area contributed by atoms with Crippen molar-refractivity contribution < 1.29 is 13.2 Å². The molecule has 2 saturated carbocycles. The Labute approximate surface area is 150 Å². The van der Waals surface area contributed by atoms with Crippen LogP contribution in [0, 0.1) is 17.8 Å². The van der Waals surface area contributed by atoms with E-state index in [0.29, 0.717) is 23.8 Å². The Bertz CT molecular complexity index is 803. The summed E-state index contributed by atoms with van der Waals surface area (Å²) in [4.78, 5) is 15.0. The molecule has 5 nitrogen and oxygen atoms in total. The number of anilines is 1. The van der Waals surface area contributed by atoms with Crippen molar-refractivity contribution in [3.8, 4) is 0 Å². The molecule has 4 rings (SSSR count). The standard InChI is InChI=1S/C19H26N2O3S/c1-20(2)25(23,24)17-5-6-18-15(11-17)7-8-21(18)19(22)12-16-10-13-3-4-14(16)9-13/h5-6,11,13-14,16H,3-4,7-10,12H2,1-2H3. The van der Waals surface area contributed by atoms with Crippen LogP contribution in [0.5, 0.6) is 0 Å². The van der Waals surface area contributed by atoms with Gasteiger partial charge in [0.25, 0.3) is 0 Å². The minimum absolute atomic E-state index is 0.208. The van der Waals surface area contributed by atoms with E-state index in [1.807, 2.05) is 4.90 Å². The molecule has 1 amide bonds. The minimum atomic E-state index is -3.43. The Morgan fingerprint density at radius 3 is 2.68 bits per heavy atom. The summed E-state index contributed by atoms with van der Waals surface area (Å²) in [6.07, 6.45) is 6.57. The molecule has 1 aromatic carbocycles. The van der Waals surface area contributed by atoms with Crippen LogP contribution in [0.25, 0.3) is 0 Å². The first-order chi connectivity index (χ1) is 11.9.